The van der Waals surface area contributed by atoms with Gasteiger partial charge < -0.3 is 9.47 Å². The summed E-state index contributed by atoms with van der Waals surface area (Å²) in [5.41, 5.74) is -0.194. The molecule has 0 bridgehead atoms. The first-order valence-corrected chi connectivity index (χ1v) is 10.1. The zero-order valence-electron chi connectivity index (χ0n) is 14.7. The highest BCUT2D eigenvalue weighted by atomic mass is 32.2. The lowest BCUT2D eigenvalue weighted by Gasteiger charge is -2.32. The second kappa shape index (κ2) is 7.73. The van der Waals surface area contributed by atoms with Gasteiger partial charge in [-0.15, -0.1) is 0 Å². The number of aryl methyl sites for hydroxylation is 1. The second-order valence-electron chi connectivity index (χ2n) is 6.28. The summed E-state index contributed by atoms with van der Waals surface area (Å²) in [4.78, 5) is 17.6. The molecule has 1 saturated heterocycles. The molecular weight excluding hydrogens is 378 g/mol. The van der Waals surface area contributed by atoms with Crippen molar-refractivity contribution in [2.24, 2.45) is 0 Å². The zero-order chi connectivity index (χ0) is 19.6. The maximum absolute atomic E-state index is 13.8. The molecule has 1 aromatic carbocycles. The topological polar surface area (TPSA) is 84.3 Å². The van der Waals surface area contributed by atoms with Crippen molar-refractivity contribution in [1.82, 2.24) is 14.3 Å². The summed E-state index contributed by atoms with van der Waals surface area (Å²) < 4.78 is 55.8. The summed E-state index contributed by atoms with van der Waals surface area (Å²) >= 11 is 0. The van der Waals surface area contributed by atoms with E-state index in [9.17, 15) is 22.0 Å². The third-order valence-corrected chi connectivity index (χ3v) is 6.10. The molecule has 1 fully saturated rings. The molecule has 2 aromatic rings. The first-order valence-electron chi connectivity index (χ1n) is 8.60. The Bertz CT molecular complexity index is 986. The van der Waals surface area contributed by atoms with Crippen LogP contribution in [0.3, 0.4) is 0 Å². The fourth-order valence-corrected chi connectivity index (χ4v) is 4.48. The fraction of sp³-hybridized carbons (Fsp3) is 0.412. The molecule has 10 heteroatoms. The van der Waals surface area contributed by atoms with Crippen molar-refractivity contribution in [3.63, 3.8) is 0 Å². The van der Waals surface area contributed by atoms with E-state index in [0.29, 0.717) is 38.3 Å². The van der Waals surface area contributed by atoms with Crippen LogP contribution in [0.2, 0.25) is 0 Å². The number of halogens is 2. The lowest BCUT2D eigenvalue weighted by Crippen LogP contribution is -2.46. The number of nitrogens with zero attached hydrogens (tertiary/aromatic N) is 3. The van der Waals surface area contributed by atoms with Gasteiger partial charge in [-0.25, -0.2) is 26.9 Å². The SMILES string of the molecule is CCn1ccnc(N2CCC(NS(=O)(=O)c3cccc(F)c3F)CC2)c1=O. The van der Waals surface area contributed by atoms with Crippen LogP contribution in [0, 0.1) is 11.6 Å². The average Bonchev–Trinajstić information content (AvgIpc) is 2.64. The molecule has 0 amide bonds. The van der Waals surface area contributed by atoms with E-state index in [1.54, 1.807) is 17.0 Å². The van der Waals surface area contributed by atoms with Crippen LogP contribution in [0.5, 0.6) is 0 Å². The van der Waals surface area contributed by atoms with Crippen LogP contribution >= 0.6 is 0 Å². The maximum atomic E-state index is 13.8. The highest BCUT2D eigenvalue weighted by Gasteiger charge is 2.28. The zero-order valence-corrected chi connectivity index (χ0v) is 15.5. The monoisotopic (exact) mass is 398 g/mol. The van der Waals surface area contributed by atoms with Gasteiger partial charge in [0, 0.05) is 38.1 Å². The summed E-state index contributed by atoms with van der Waals surface area (Å²) in [6, 6.07) is 2.60. The Morgan fingerprint density at radius 3 is 2.63 bits per heavy atom. The molecule has 146 valence electrons. The van der Waals surface area contributed by atoms with Gasteiger partial charge in [-0.3, -0.25) is 4.79 Å². The third kappa shape index (κ3) is 4.01. The van der Waals surface area contributed by atoms with Crippen molar-refractivity contribution in [2.45, 2.75) is 37.2 Å². The molecule has 0 saturated carbocycles. The van der Waals surface area contributed by atoms with E-state index in [4.69, 9.17) is 0 Å². The highest BCUT2D eigenvalue weighted by Crippen LogP contribution is 2.20. The lowest BCUT2D eigenvalue weighted by atomic mass is 10.1. The molecule has 0 unspecified atom stereocenters. The predicted molar refractivity (Wildman–Crippen MR) is 96.1 cm³/mol. The van der Waals surface area contributed by atoms with Gasteiger partial charge in [-0.2, -0.15) is 0 Å². The molecular formula is C17H20F2N4O3S. The van der Waals surface area contributed by atoms with E-state index in [1.807, 2.05) is 11.8 Å². The number of hydrogen-bond acceptors (Lipinski definition) is 5. The Hall–Kier alpha value is -2.33. The molecule has 0 spiro atoms. The predicted octanol–water partition coefficient (Wildman–Crippen LogP) is 1.49. The lowest BCUT2D eigenvalue weighted by molar-refractivity contribution is 0.450. The normalized spacial score (nSPS) is 15.9. The first kappa shape index (κ1) is 19.4. The Balaban J connectivity index is 1.70. The van der Waals surface area contributed by atoms with Crippen molar-refractivity contribution in [1.29, 1.82) is 0 Å². The van der Waals surface area contributed by atoms with Gasteiger partial charge in [0.1, 0.15) is 4.90 Å². The van der Waals surface area contributed by atoms with Gasteiger partial charge in [0.25, 0.3) is 5.56 Å². The maximum Gasteiger partial charge on any atom is 0.293 e. The van der Waals surface area contributed by atoms with Crippen LogP contribution in [0.1, 0.15) is 19.8 Å². The summed E-state index contributed by atoms with van der Waals surface area (Å²) in [7, 11) is -4.18. The first-order chi connectivity index (χ1) is 12.8. The quantitative estimate of drug-likeness (QED) is 0.825. The molecule has 1 N–H and O–H groups in total. The molecule has 7 nitrogen and oxygen atoms in total. The van der Waals surface area contributed by atoms with Crippen LogP contribution in [0.15, 0.2) is 40.3 Å². The number of anilines is 1. The van der Waals surface area contributed by atoms with Crippen LogP contribution in [0.25, 0.3) is 0 Å². The Morgan fingerprint density at radius 2 is 1.96 bits per heavy atom. The number of piperidine rings is 1. The molecule has 1 aromatic heterocycles. The largest absolute Gasteiger partial charge is 0.352 e. The van der Waals surface area contributed by atoms with Gasteiger partial charge in [0.15, 0.2) is 17.5 Å². The summed E-state index contributed by atoms with van der Waals surface area (Å²) in [5, 5.41) is 0. The van der Waals surface area contributed by atoms with Crippen molar-refractivity contribution in [3.8, 4) is 0 Å². The summed E-state index contributed by atoms with van der Waals surface area (Å²) in [6.45, 7) is 3.24. The van der Waals surface area contributed by atoms with Crippen LogP contribution in [0.4, 0.5) is 14.6 Å². The van der Waals surface area contributed by atoms with Gasteiger partial charge >= 0.3 is 0 Å². The van der Waals surface area contributed by atoms with Crippen molar-refractivity contribution in [3.05, 3.63) is 52.6 Å². The molecule has 27 heavy (non-hydrogen) atoms. The van der Waals surface area contributed by atoms with Gasteiger partial charge in [0.2, 0.25) is 10.0 Å². The average molecular weight is 398 g/mol. The number of rotatable bonds is 5. The van der Waals surface area contributed by atoms with Crippen molar-refractivity contribution < 1.29 is 17.2 Å². The molecule has 3 rings (SSSR count). The van der Waals surface area contributed by atoms with Gasteiger partial charge in [0.05, 0.1) is 0 Å². The summed E-state index contributed by atoms with van der Waals surface area (Å²) in [5.74, 6) is -2.28. The fourth-order valence-electron chi connectivity index (χ4n) is 3.09. The molecule has 0 aliphatic carbocycles. The van der Waals surface area contributed by atoms with E-state index in [-0.39, 0.29) is 5.56 Å². The smallest absolute Gasteiger partial charge is 0.293 e. The number of benzene rings is 1. The third-order valence-electron chi connectivity index (χ3n) is 4.56. The molecule has 2 heterocycles. The van der Waals surface area contributed by atoms with E-state index in [1.165, 1.54) is 0 Å². The van der Waals surface area contributed by atoms with E-state index in [0.717, 1.165) is 18.2 Å². The number of sulfonamides is 1. The molecule has 0 atom stereocenters. The molecule has 0 radical (unpaired) electrons. The Kier molecular flexibility index (Phi) is 5.56. The standard InChI is InChI=1S/C17H20F2N4O3S/c1-2-22-11-8-20-16(17(22)24)23-9-6-12(7-10-23)21-27(25,26)14-5-3-4-13(18)15(14)19/h3-5,8,11-12,21H,2,6-7,9-10H2,1H3. The Morgan fingerprint density at radius 1 is 1.26 bits per heavy atom. The van der Waals surface area contributed by atoms with Crippen molar-refractivity contribution in [2.75, 3.05) is 18.0 Å². The van der Waals surface area contributed by atoms with E-state index < -0.39 is 32.6 Å². The van der Waals surface area contributed by atoms with Crippen LogP contribution < -0.4 is 15.2 Å². The second-order valence-corrected chi connectivity index (χ2v) is 7.96. The summed E-state index contributed by atoms with van der Waals surface area (Å²) in [6.07, 6.45) is 4.00. The minimum atomic E-state index is -4.18. The number of aromatic nitrogens is 2. The van der Waals surface area contributed by atoms with Crippen molar-refractivity contribution >= 4 is 15.8 Å². The minimum Gasteiger partial charge on any atom is -0.352 e. The van der Waals surface area contributed by atoms with Gasteiger partial charge in [-0.1, -0.05) is 6.07 Å². The van der Waals surface area contributed by atoms with Gasteiger partial charge in [-0.05, 0) is 31.9 Å². The van der Waals surface area contributed by atoms with E-state index in [2.05, 4.69) is 9.71 Å². The Labute approximate surface area is 155 Å². The molecule has 1 aliphatic heterocycles. The minimum absolute atomic E-state index is 0.194. The van der Waals surface area contributed by atoms with Crippen LogP contribution in [-0.4, -0.2) is 37.1 Å². The number of hydrogen-bond donors (Lipinski definition) is 1. The highest BCUT2D eigenvalue weighted by molar-refractivity contribution is 7.89. The van der Waals surface area contributed by atoms with E-state index >= 15 is 0 Å². The molecule has 1 aliphatic rings. The number of nitrogens with one attached hydrogen (secondary N) is 1. The van der Waals surface area contributed by atoms with Crippen LogP contribution in [-0.2, 0) is 16.6 Å².